The van der Waals surface area contributed by atoms with Gasteiger partial charge in [0.25, 0.3) is 5.91 Å². The molecule has 3 aliphatic rings. The van der Waals surface area contributed by atoms with Gasteiger partial charge in [-0.2, -0.15) is 0 Å². The summed E-state index contributed by atoms with van der Waals surface area (Å²) in [5.41, 5.74) is 0.267. The zero-order valence-electron chi connectivity index (χ0n) is 15.5. The molecule has 7 heteroatoms. The molecule has 2 heterocycles. The van der Waals surface area contributed by atoms with Crippen molar-refractivity contribution < 1.29 is 18.8 Å². The molecule has 0 atom stereocenters. The summed E-state index contributed by atoms with van der Waals surface area (Å²) in [6, 6.07) is 4.36. The third-order valence-corrected chi connectivity index (χ3v) is 6.25. The highest BCUT2D eigenvalue weighted by molar-refractivity contribution is 6.10. The van der Waals surface area contributed by atoms with Gasteiger partial charge in [0.15, 0.2) is 0 Å². The number of hydrogen-bond acceptors (Lipinski definition) is 3. The van der Waals surface area contributed by atoms with Gasteiger partial charge in [-0.25, -0.2) is 9.18 Å². The molecule has 2 fully saturated rings. The highest BCUT2D eigenvalue weighted by atomic mass is 19.1. The number of amides is 4. The van der Waals surface area contributed by atoms with Crippen molar-refractivity contribution in [1.29, 1.82) is 0 Å². The van der Waals surface area contributed by atoms with Gasteiger partial charge in [0.1, 0.15) is 17.9 Å². The molecule has 0 bridgehead atoms. The highest BCUT2D eigenvalue weighted by Gasteiger charge is 2.56. The summed E-state index contributed by atoms with van der Waals surface area (Å²) in [5, 5.41) is 0. The van der Waals surface area contributed by atoms with Crippen LogP contribution in [0, 0.1) is 5.82 Å². The largest absolute Gasteiger partial charge is 0.327 e. The molecule has 0 N–H and O–H groups in total. The predicted octanol–water partition coefficient (Wildman–Crippen LogP) is 2.70. The second-order valence-corrected chi connectivity index (χ2v) is 7.72. The molecule has 0 aromatic heterocycles. The summed E-state index contributed by atoms with van der Waals surface area (Å²) < 4.78 is 14.3. The average Bonchev–Trinajstić information content (AvgIpc) is 2.85. The molecule has 1 aliphatic carbocycles. The van der Waals surface area contributed by atoms with E-state index >= 15 is 0 Å². The second-order valence-electron chi connectivity index (χ2n) is 7.72. The van der Waals surface area contributed by atoms with Gasteiger partial charge in [-0.15, -0.1) is 0 Å². The molecule has 1 saturated carbocycles. The third-order valence-electron chi connectivity index (χ3n) is 6.25. The van der Waals surface area contributed by atoms with Crippen LogP contribution in [0.1, 0.15) is 44.1 Å². The first-order valence-electron chi connectivity index (χ1n) is 9.63. The number of para-hydroxylation sites is 1. The van der Waals surface area contributed by atoms with E-state index in [9.17, 15) is 18.8 Å². The molecule has 1 aromatic carbocycles. The van der Waals surface area contributed by atoms with E-state index < -0.39 is 23.3 Å². The van der Waals surface area contributed by atoms with Gasteiger partial charge >= 0.3 is 6.03 Å². The topological polar surface area (TPSA) is 60.9 Å². The second kappa shape index (κ2) is 6.62. The molecule has 4 rings (SSSR count). The summed E-state index contributed by atoms with van der Waals surface area (Å²) in [6.45, 7) is 0.0570. The van der Waals surface area contributed by atoms with E-state index in [-0.39, 0.29) is 18.1 Å². The summed E-state index contributed by atoms with van der Waals surface area (Å²) in [5.74, 6) is -1.14. The van der Waals surface area contributed by atoms with Gasteiger partial charge in [-0.1, -0.05) is 31.4 Å². The lowest BCUT2D eigenvalue weighted by molar-refractivity contribution is -0.136. The lowest BCUT2D eigenvalue weighted by Gasteiger charge is -2.36. The minimum absolute atomic E-state index is 0.284. The van der Waals surface area contributed by atoms with Crippen LogP contribution in [0.5, 0.6) is 0 Å². The van der Waals surface area contributed by atoms with Crippen LogP contribution in [0.3, 0.4) is 0 Å². The number of urea groups is 1. The standard InChI is InChI=1S/C20H24FN3O3/c1-22-19(27)24(18(26)20(22)10-3-2-4-11-20)13-16(25)23-12-6-8-14-7-5-9-15(21)17(14)23/h5,7,9H,2-4,6,8,10-13H2,1H3. The van der Waals surface area contributed by atoms with Gasteiger partial charge in [0.2, 0.25) is 5.91 Å². The van der Waals surface area contributed by atoms with Crippen molar-refractivity contribution in [1.82, 2.24) is 9.80 Å². The average molecular weight is 373 g/mol. The Balaban J connectivity index is 1.58. The van der Waals surface area contributed by atoms with Crippen molar-refractivity contribution in [3.63, 3.8) is 0 Å². The van der Waals surface area contributed by atoms with Crippen LogP contribution < -0.4 is 4.90 Å². The molecule has 27 heavy (non-hydrogen) atoms. The Hall–Kier alpha value is -2.44. The van der Waals surface area contributed by atoms with Crippen molar-refractivity contribution in [2.24, 2.45) is 0 Å². The number of fused-ring (bicyclic) bond motifs is 1. The number of halogens is 1. The Kier molecular flexibility index (Phi) is 4.40. The van der Waals surface area contributed by atoms with Crippen LogP contribution in [-0.2, 0) is 16.0 Å². The van der Waals surface area contributed by atoms with Gasteiger partial charge in [0, 0.05) is 13.6 Å². The molecule has 144 valence electrons. The van der Waals surface area contributed by atoms with E-state index in [0.717, 1.165) is 36.1 Å². The van der Waals surface area contributed by atoms with Crippen LogP contribution in [-0.4, -0.2) is 53.3 Å². The molecule has 2 aliphatic heterocycles. The lowest BCUT2D eigenvalue weighted by Crippen LogP contribution is -2.50. The van der Waals surface area contributed by atoms with Crippen molar-refractivity contribution in [3.05, 3.63) is 29.6 Å². The van der Waals surface area contributed by atoms with Gasteiger partial charge < -0.3 is 9.80 Å². The van der Waals surface area contributed by atoms with Crippen molar-refractivity contribution in [2.75, 3.05) is 25.0 Å². The number of rotatable bonds is 2. The van der Waals surface area contributed by atoms with E-state index in [0.29, 0.717) is 25.8 Å². The predicted molar refractivity (Wildman–Crippen MR) is 97.8 cm³/mol. The van der Waals surface area contributed by atoms with E-state index in [1.54, 1.807) is 13.1 Å². The molecule has 6 nitrogen and oxygen atoms in total. The van der Waals surface area contributed by atoms with Gasteiger partial charge in [0.05, 0.1) is 5.69 Å². The zero-order chi connectivity index (χ0) is 19.2. The Bertz CT molecular complexity index is 804. The minimum Gasteiger partial charge on any atom is -0.313 e. The number of imide groups is 1. The first kappa shape index (κ1) is 17.9. The quantitative estimate of drug-likeness (QED) is 0.749. The van der Waals surface area contributed by atoms with Crippen LogP contribution in [0.4, 0.5) is 14.9 Å². The lowest BCUT2D eigenvalue weighted by atomic mass is 9.81. The molecular weight excluding hydrogens is 349 g/mol. The molecule has 0 radical (unpaired) electrons. The SMILES string of the molecule is CN1C(=O)N(CC(=O)N2CCCc3cccc(F)c32)C(=O)C12CCCCC2. The number of hydrogen-bond donors (Lipinski definition) is 0. The number of carbonyl (C=O) groups is 3. The monoisotopic (exact) mass is 373 g/mol. The highest BCUT2D eigenvalue weighted by Crippen LogP contribution is 2.39. The van der Waals surface area contributed by atoms with E-state index in [1.807, 2.05) is 6.07 Å². The van der Waals surface area contributed by atoms with Gasteiger partial charge in [-0.3, -0.25) is 14.5 Å². The molecule has 1 saturated heterocycles. The van der Waals surface area contributed by atoms with Crippen LogP contribution in [0.2, 0.25) is 0 Å². The fraction of sp³-hybridized carbons (Fsp3) is 0.550. The fourth-order valence-electron chi connectivity index (χ4n) is 4.74. The third kappa shape index (κ3) is 2.71. The maximum Gasteiger partial charge on any atom is 0.327 e. The normalized spacial score (nSPS) is 21.8. The summed E-state index contributed by atoms with van der Waals surface area (Å²) in [7, 11) is 1.64. The Morgan fingerprint density at radius 2 is 1.89 bits per heavy atom. The van der Waals surface area contributed by atoms with Crippen LogP contribution in [0.15, 0.2) is 18.2 Å². The maximum absolute atomic E-state index is 14.3. The summed E-state index contributed by atoms with van der Waals surface area (Å²) in [4.78, 5) is 42.6. The number of likely N-dealkylation sites (N-methyl/N-ethyl adjacent to an activating group) is 1. The van der Waals surface area contributed by atoms with E-state index in [4.69, 9.17) is 0 Å². The van der Waals surface area contributed by atoms with Crippen molar-refractivity contribution in [3.8, 4) is 0 Å². The molecular formula is C20H24FN3O3. The van der Waals surface area contributed by atoms with Crippen molar-refractivity contribution >= 4 is 23.5 Å². The molecule has 0 unspecified atom stereocenters. The molecule has 1 spiro atoms. The molecule has 4 amide bonds. The summed E-state index contributed by atoms with van der Waals surface area (Å²) >= 11 is 0. The minimum atomic E-state index is -0.805. The van der Waals surface area contributed by atoms with Crippen molar-refractivity contribution in [2.45, 2.75) is 50.5 Å². The number of benzene rings is 1. The maximum atomic E-state index is 14.3. The van der Waals surface area contributed by atoms with Crippen LogP contribution in [0.25, 0.3) is 0 Å². The zero-order valence-corrected chi connectivity index (χ0v) is 15.5. The summed E-state index contributed by atoms with van der Waals surface area (Å²) in [6.07, 6.45) is 5.57. The fourth-order valence-corrected chi connectivity index (χ4v) is 4.74. The Morgan fingerprint density at radius 3 is 2.63 bits per heavy atom. The first-order chi connectivity index (χ1) is 13.0. The number of carbonyl (C=O) groups excluding carboxylic acids is 3. The number of aryl methyl sites for hydroxylation is 1. The Morgan fingerprint density at radius 1 is 1.15 bits per heavy atom. The number of anilines is 1. The first-order valence-corrected chi connectivity index (χ1v) is 9.63. The molecule has 1 aromatic rings. The van der Waals surface area contributed by atoms with Gasteiger partial charge in [-0.05, 0) is 37.3 Å². The number of nitrogens with zero attached hydrogens (tertiary/aromatic N) is 3. The van der Waals surface area contributed by atoms with E-state index in [1.165, 1.54) is 15.9 Å². The van der Waals surface area contributed by atoms with Crippen LogP contribution >= 0.6 is 0 Å². The Labute approximate surface area is 157 Å². The smallest absolute Gasteiger partial charge is 0.313 e. The van der Waals surface area contributed by atoms with E-state index in [2.05, 4.69) is 0 Å².